The van der Waals surface area contributed by atoms with Crippen molar-refractivity contribution >= 4 is 11.9 Å². The van der Waals surface area contributed by atoms with Gasteiger partial charge in [0.05, 0.1) is 26.2 Å². The predicted octanol–water partition coefficient (Wildman–Crippen LogP) is 2.47. The molecule has 154 valence electrons. The molecule has 0 aliphatic carbocycles. The van der Waals surface area contributed by atoms with Crippen LogP contribution in [0.25, 0.3) is 0 Å². The van der Waals surface area contributed by atoms with Gasteiger partial charge in [-0.15, -0.1) is 0 Å². The normalized spacial score (nSPS) is 23.3. The van der Waals surface area contributed by atoms with Crippen LogP contribution < -0.4 is 9.64 Å². The van der Waals surface area contributed by atoms with Crippen molar-refractivity contribution in [3.05, 3.63) is 47.7 Å². The van der Waals surface area contributed by atoms with Crippen LogP contribution in [0.3, 0.4) is 0 Å². The average Bonchev–Trinajstić information content (AvgIpc) is 3.31. The Bertz CT molecular complexity index is 875. The largest absolute Gasteiger partial charge is 0.481 e. The Kier molecular flexibility index (Phi) is 5.67. The number of fused-ring (bicyclic) bond motifs is 1. The number of carbonyl (C=O) groups excluding carboxylic acids is 1. The van der Waals surface area contributed by atoms with Crippen LogP contribution in [0.2, 0.25) is 0 Å². The van der Waals surface area contributed by atoms with Crippen molar-refractivity contribution in [1.29, 1.82) is 0 Å². The quantitative estimate of drug-likeness (QED) is 0.747. The molecule has 7 heteroatoms. The molecule has 3 atom stereocenters. The number of methoxy groups -OCH3 is 2. The molecule has 29 heavy (non-hydrogen) atoms. The molecule has 3 heterocycles. The minimum Gasteiger partial charge on any atom is -0.481 e. The zero-order chi connectivity index (χ0) is 20.4. The number of nitrogens with zero attached hydrogens (tertiary/aromatic N) is 4. The van der Waals surface area contributed by atoms with Crippen LogP contribution in [-0.4, -0.2) is 61.2 Å². The molecule has 7 nitrogen and oxygen atoms in total. The number of amides is 1. The minimum absolute atomic E-state index is 0.0705. The van der Waals surface area contributed by atoms with Crippen LogP contribution in [0.15, 0.2) is 36.5 Å². The summed E-state index contributed by atoms with van der Waals surface area (Å²) in [5.41, 5.74) is 2.46. The third kappa shape index (κ3) is 3.79. The number of ether oxygens (including phenoxy) is 2. The third-order valence-corrected chi connectivity index (χ3v) is 6.12. The van der Waals surface area contributed by atoms with Gasteiger partial charge in [-0.25, -0.2) is 4.98 Å². The van der Waals surface area contributed by atoms with Crippen LogP contribution >= 0.6 is 0 Å². The van der Waals surface area contributed by atoms with Crippen LogP contribution in [0.1, 0.15) is 23.6 Å². The molecule has 0 unspecified atom stereocenters. The number of benzene rings is 1. The van der Waals surface area contributed by atoms with Gasteiger partial charge in [-0.3, -0.25) is 4.79 Å². The fourth-order valence-electron chi connectivity index (χ4n) is 4.71. The summed E-state index contributed by atoms with van der Waals surface area (Å²) >= 11 is 0. The Labute approximate surface area is 171 Å². The highest BCUT2D eigenvalue weighted by molar-refractivity contribution is 5.77. The predicted molar refractivity (Wildman–Crippen MR) is 110 cm³/mol. The lowest BCUT2D eigenvalue weighted by Gasteiger charge is -2.31. The second-order valence-electron chi connectivity index (χ2n) is 7.82. The summed E-state index contributed by atoms with van der Waals surface area (Å²) in [7, 11) is 3.25. The molecular weight excluding hydrogens is 368 g/mol. The molecule has 2 saturated heterocycles. The molecule has 1 aromatic carbocycles. The molecule has 2 fully saturated rings. The molecule has 2 aromatic rings. The summed E-state index contributed by atoms with van der Waals surface area (Å²) in [5.74, 6) is 2.16. The van der Waals surface area contributed by atoms with Crippen molar-refractivity contribution in [2.75, 3.05) is 45.4 Å². The van der Waals surface area contributed by atoms with Crippen LogP contribution in [0, 0.1) is 18.8 Å². The summed E-state index contributed by atoms with van der Waals surface area (Å²) in [4.78, 5) is 26.2. The highest BCUT2D eigenvalue weighted by atomic mass is 16.5. The van der Waals surface area contributed by atoms with Crippen LogP contribution in [-0.2, 0) is 9.53 Å². The lowest BCUT2D eigenvalue weighted by Crippen LogP contribution is -2.36. The topological polar surface area (TPSA) is 67.8 Å². The number of hydrogen-bond donors (Lipinski definition) is 0. The van der Waals surface area contributed by atoms with E-state index in [9.17, 15) is 4.79 Å². The van der Waals surface area contributed by atoms with E-state index in [1.54, 1.807) is 26.5 Å². The van der Waals surface area contributed by atoms with Crippen LogP contribution in [0.5, 0.6) is 5.88 Å². The van der Waals surface area contributed by atoms with E-state index >= 15 is 0 Å². The van der Waals surface area contributed by atoms with Crippen molar-refractivity contribution in [3.63, 3.8) is 0 Å². The summed E-state index contributed by atoms with van der Waals surface area (Å²) in [6.45, 7) is 5.00. The first-order valence-electron chi connectivity index (χ1n) is 10.1. The van der Waals surface area contributed by atoms with E-state index in [0.29, 0.717) is 36.7 Å². The second-order valence-corrected chi connectivity index (χ2v) is 7.82. The maximum atomic E-state index is 13.0. The lowest BCUT2D eigenvalue weighted by molar-refractivity contribution is -0.133. The molecule has 0 bridgehead atoms. The van der Waals surface area contributed by atoms with E-state index in [2.05, 4.69) is 44.9 Å². The number of likely N-dealkylation sites (tertiary alicyclic amines) is 1. The van der Waals surface area contributed by atoms with Gasteiger partial charge in [0.1, 0.15) is 0 Å². The van der Waals surface area contributed by atoms with Gasteiger partial charge < -0.3 is 19.3 Å². The maximum Gasteiger partial charge on any atom is 0.228 e. The fraction of sp³-hybridized carbons (Fsp3) is 0.500. The molecule has 1 aromatic heterocycles. The van der Waals surface area contributed by atoms with E-state index in [1.807, 2.05) is 6.07 Å². The molecule has 0 radical (unpaired) electrons. The number of carbonyl (C=O) groups is 1. The zero-order valence-electron chi connectivity index (χ0n) is 17.2. The van der Waals surface area contributed by atoms with E-state index in [0.717, 1.165) is 19.6 Å². The molecule has 0 N–H and O–H groups in total. The molecule has 2 aliphatic rings. The average molecular weight is 396 g/mol. The van der Waals surface area contributed by atoms with Gasteiger partial charge >= 0.3 is 0 Å². The molecule has 4 rings (SSSR count). The lowest BCUT2D eigenvalue weighted by atomic mass is 9.87. The van der Waals surface area contributed by atoms with Gasteiger partial charge in [-0.1, -0.05) is 24.3 Å². The minimum atomic E-state index is 0.0705. The van der Waals surface area contributed by atoms with Crippen molar-refractivity contribution in [2.45, 2.75) is 19.4 Å². The van der Waals surface area contributed by atoms with Crippen molar-refractivity contribution < 1.29 is 14.3 Å². The van der Waals surface area contributed by atoms with E-state index in [4.69, 9.17) is 9.47 Å². The summed E-state index contributed by atoms with van der Waals surface area (Å²) in [6, 6.07) is 10.2. The third-order valence-electron chi connectivity index (χ3n) is 6.12. The van der Waals surface area contributed by atoms with Crippen molar-refractivity contribution in [1.82, 2.24) is 14.9 Å². The van der Waals surface area contributed by atoms with Gasteiger partial charge in [-0.05, 0) is 18.1 Å². The van der Waals surface area contributed by atoms with Gasteiger partial charge in [0.2, 0.25) is 17.7 Å². The first-order chi connectivity index (χ1) is 14.1. The summed E-state index contributed by atoms with van der Waals surface area (Å²) in [5, 5.41) is 0. The Hall–Kier alpha value is -2.67. The van der Waals surface area contributed by atoms with E-state index in [1.165, 1.54) is 11.1 Å². The standard InChI is InChI=1S/C22H28N4O3/c1-15-6-4-5-7-17(15)21-18-14-25(22-23-10-8-19(24-22)29-3)12-16(18)13-26(21)20(27)9-11-28-2/h4-8,10,16,18,21H,9,11-14H2,1-3H3/t16-,18-,21+/m0/s1. The first kappa shape index (κ1) is 19.6. The highest BCUT2D eigenvalue weighted by Crippen LogP contribution is 2.46. The summed E-state index contributed by atoms with van der Waals surface area (Å²) in [6.07, 6.45) is 2.15. The molecule has 0 saturated carbocycles. The Morgan fingerprint density at radius 1 is 1.17 bits per heavy atom. The summed E-state index contributed by atoms with van der Waals surface area (Å²) < 4.78 is 10.4. The second kappa shape index (κ2) is 8.37. The first-order valence-corrected chi connectivity index (χ1v) is 10.1. The molecule has 2 aliphatic heterocycles. The SMILES string of the molecule is COCCC(=O)N1C[C@@H]2CN(c3nccc(OC)n3)C[C@@H]2[C@H]1c1ccccc1C. The van der Waals surface area contributed by atoms with Gasteiger partial charge in [0.15, 0.2) is 0 Å². The smallest absolute Gasteiger partial charge is 0.228 e. The van der Waals surface area contributed by atoms with Gasteiger partial charge in [0, 0.05) is 50.8 Å². The Balaban J connectivity index is 1.61. The van der Waals surface area contributed by atoms with Crippen molar-refractivity contribution in [3.8, 4) is 5.88 Å². The van der Waals surface area contributed by atoms with E-state index in [-0.39, 0.29) is 11.9 Å². The molecular formula is C22H28N4O3. The highest BCUT2D eigenvalue weighted by Gasteiger charge is 2.49. The fourth-order valence-corrected chi connectivity index (χ4v) is 4.71. The number of rotatable bonds is 6. The van der Waals surface area contributed by atoms with Gasteiger partial charge in [-0.2, -0.15) is 4.98 Å². The van der Waals surface area contributed by atoms with E-state index < -0.39 is 0 Å². The monoisotopic (exact) mass is 396 g/mol. The Morgan fingerprint density at radius 2 is 2.00 bits per heavy atom. The maximum absolute atomic E-state index is 13.0. The Morgan fingerprint density at radius 3 is 2.76 bits per heavy atom. The number of hydrogen-bond acceptors (Lipinski definition) is 6. The van der Waals surface area contributed by atoms with Gasteiger partial charge in [0.25, 0.3) is 0 Å². The number of aromatic nitrogens is 2. The van der Waals surface area contributed by atoms with Crippen molar-refractivity contribution in [2.24, 2.45) is 11.8 Å². The number of anilines is 1. The zero-order valence-corrected chi connectivity index (χ0v) is 17.2. The molecule has 1 amide bonds. The number of aryl methyl sites for hydroxylation is 1. The van der Waals surface area contributed by atoms with Crippen LogP contribution in [0.4, 0.5) is 5.95 Å². The molecule has 0 spiro atoms.